The Labute approximate surface area is 251 Å². The minimum absolute atomic E-state index is 0.104. The largest absolute Gasteiger partial charge is 0.399 e. The highest BCUT2D eigenvalue weighted by molar-refractivity contribution is 7.52. The topological polar surface area (TPSA) is 151 Å². The molecule has 14 heteroatoms. The van der Waals surface area contributed by atoms with Gasteiger partial charge in [-0.15, -0.1) is 11.3 Å². The zero-order chi connectivity index (χ0) is 30.7. The zero-order valence-electron chi connectivity index (χ0n) is 23.3. The lowest BCUT2D eigenvalue weighted by atomic mass is 9.93. The highest BCUT2D eigenvalue weighted by Gasteiger charge is 2.51. The van der Waals surface area contributed by atoms with E-state index in [1.165, 1.54) is 12.1 Å². The predicted molar refractivity (Wildman–Crippen MR) is 153 cm³/mol. The fraction of sp³-hybridized carbons (Fsp3) is 0.586. The Bertz CT molecular complexity index is 1550. The van der Waals surface area contributed by atoms with Crippen molar-refractivity contribution in [2.45, 2.75) is 75.2 Å². The Balaban J connectivity index is 1.19. The van der Waals surface area contributed by atoms with Crippen LogP contribution >= 0.6 is 18.9 Å². The molecule has 1 aliphatic carbocycles. The third-order valence-electron chi connectivity index (χ3n) is 9.45. The van der Waals surface area contributed by atoms with Crippen LogP contribution in [0.1, 0.15) is 66.6 Å². The molecule has 4 fully saturated rings. The van der Waals surface area contributed by atoms with Crippen molar-refractivity contribution < 1.29 is 37.5 Å². The second-order valence-electron chi connectivity index (χ2n) is 12.2. The molecule has 4 aliphatic rings. The number of nitrogens with one attached hydrogen (secondary N) is 1. The lowest BCUT2D eigenvalue weighted by Gasteiger charge is -2.36. The lowest BCUT2D eigenvalue weighted by molar-refractivity contribution is -0.146. The van der Waals surface area contributed by atoms with Crippen LogP contribution in [0.3, 0.4) is 0 Å². The zero-order valence-corrected chi connectivity index (χ0v) is 25.0. The van der Waals surface area contributed by atoms with Crippen molar-refractivity contribution in [1.82, 2.24) is 15.1 Å². The highest BCUT2D eigenvalue weighted by Crippen LogP contribution is 2.59. The maximum Gasteiger partial charge on any atom is 0.399 e. The van der Waals surface area contributed by atoms with Crippen LogP contribution < -0.4 is 5.32 Å². The van der Waals surface area contributed by atoms with Crippen LogP contribution in [0.2, 0.25) is 0 Å². The van der Waals surface area contributed by atoms with Crippen LogP contribution in [0, 0.1) is 29.1 Å². The van der Waals surface area contributed by atoms with Gasteiger partial charge in [0.25, 0.3) is 5.91 Å². The molecular weight excluding hydrogens is 601 g/mol. The highest BCUT2D eigenvalue weighted by atomic mass is 32.1. The van der Waals surface area contributed by atoms with Crippen molar-refractivity contribution in [1.29, 1.82) is 5.26 Å². The van der Waals surface area contributed by atoms with Crippen molar-refractivity contribution >= 4 is 46.7 Å². The fourth-order valence-electron chi connectivity index (χ4n) is 7.01. The molecule has 4 heterocycles. The first-order valence-electron chi connectivity index (χ1n) is 14.7. The van der Waals surface area contributed by atoms with Crippen LogP contribution in [0.25, 0.3) is 10.1 Å². The molecule has 3 amide bonds. The molecule has 1 saturated carbocycles. The molecule has 0 radical (unpaired) electrons. The summed E-state index contributed by atoms with van der Waals surface area (Å²) in [7, 11) is -5.75. The molecule has 3 N–H and O–H groups in total. The number of hydrogen-bond acceptors (Lipinski definition) is 6. The predicted octanol–water partition coefficient (Wildman–Crippen LogP) is 4.17. The summed E-state index contributed by atoms with van der Waals surface area (Å²) in [6.45, 7) is 0.923. The lowest BCUT2D eigenvalue weighted by Crippen LogP contribution is -2.56. The second-order valence-corrected chi connectivity index (χ2v) is 15.0. The number of nitrogens with zero attached hydrogens (tertiary/aromatic N) is 3. The normalized spacial score (nSPS) is 28.3. The van der Waals surface area contributed by atoms with Gasteiger partial charge in [0.1, 0.15) is 12.1 Å². The van der Waals surface area contributed by atoms with Gasteiger partial charge in [0.2, 0.25) is 11.8 Å². The van der Waals surface area contributed by atoms with Crippen molar-refractivity contribution in [3.8, 4) is 6.07 Å². The molecule has 0 spiro atoms. The number of alkyl halides is 2. The van der Waals surface area contributed by atoms with Gasteiger partial charge in [0.05, 0.1) is 16.9 Å². The number of benzene rings is 1. The number of hydrogen-bond donors (Lipinski definition) is 3. The van der Waals surface area contributed by atoms with Gasteiger partial charge in [0.15, 0.2) is 0 Å². The van der Waals surface area contributed by atoms with E-state index >= 15 is 0 Å². The van der Waals surface area contributed by atoms with Gasteiger partial charge in [-0.25, -0.2) is 0 Å². The van der Waals surface area contributed by atoms with Crippen LogP contribution in [0.4, 0.5) is 8.78 Å². The smallest absolute Gasteiger partial charge is 0.340 e. The maximum atomic E-state index is 14.2. The van der Waals surface area contributed by atoms with Gasteiger partial charge in [0, 0.05) is 29.4 Å². The Morgan fingerprint density at radius 2 is 1.81 bits per heavy atom. The van der Waals surface area contributed by atoms with Crippen molar-refractivity contribution in [3.05, 3.63) is 34.7 Å². The van der Waals surface area contributed by atoms with Crippen molar-refractivity contribution in [2.75, 3.05) is 13.1 Å². The van der Waals surface area contributed by atoms with E-state index in [2.05, 4.69) is 11.4 Å². The molecule has 1 unspecified atom stereocenters. The van der Waals surface area contributed by atoms with Crippen LogP contribution in [-0.4, -0.2) is 68.5 Å². The molecule has 3 aliphatic heterocycles. The third-order valence-corrected chi connectivity index (χ3v) is 11.6. The monoisotopic (exact) mass is 634 g/mol. The van der Waals surface area contributed by atoms with Gasteiger partial charge in [-0.1, -0.05) is 18.9 Å². The summed E-state index contributed by atoms with van der Waals surface area (Å²) >= 11 is 1.02. The maximum absolute atomic E-state index is 14.2. The molecule has 1 aromatic heterocycles. The molecule has 2 aromatic rings. The number of fused-ring (bicyclic) bond motifs is 2. The van der Waals surface area contributed by atoms with Gasteiger partial charge in [-0.3, -0.25) is 18.9 Å². The number of carbonyl (C=O) groups is 3. The summed E-state index contributed by atoms with van der Waals surface area (Å²) in [6.07, 6.45) is 6.13. The van der Waals surface area contributed by atoms with E-state index in [9.17, 15) is 33.0 Å². The summed E-state index contributed by atoms with van der Waals surface area (Å²) < 4.78 is 40.3. The van der Waals surface area contributed by atoms with Crippen LogP contribution in [-0.2, 0) is 19.8 Å². The molecule has 5 atom stereocenters. The number of carbonyl (C=O) groups excluding carboxylic acids is 3. The van der Waals surface area contributed by atoms with E-state index in [1.54, 1.807) is 9.80 Å². The Morgan fingerprint density at radius 3 is 2.51 bits per heavy atom. The molecule has 6 rings (SSSR count). The van der Waals surface area contributed by atoms with Crippen LogP contribution in [0.15, 0.2) is 24.3 Å². The minimum Gasteiger partial charge on any atom is -0.340 e. The number of thiophene rings is 1. The van der Waals surface area contributed by atoms with E-state index in [4.69, 9.17) is 9.79 Å². The van der Waals surface area contributed by atoms with E-state index in [1.807, 2.05) is 0 Å². The summed E-state index contributed by atoms with van der Waals surface area (Å²) in [5, 5.41) is 12.7. The average molecular weight is 635 g/mol. The molecule has 0 bridgehead atoms. The Morgan fingerprint density at radius 1 is 1.07 bits per heavy atom. The quantitative estimate of drug-likeness (QED) is 0.404. The summed E-state index contributed by atoms with van der Waals surface area (Å²) in [4.78, 5) is 62.7. The number of halogens is 2. The Kier molecular flexibility index (Phi) is 7.86. The van der Waals surface area contributed by atoms with Gasteiger partial charge in [-0.2, -0.15) is 14.0 Å². The van der Waals surface area contributed by atoms with Gasteiger partial charge in [-0.05, 0) is 73.9 Å². The van der Waals surface area contributed by atoms with Crippen LogP contribution in [0.5, 0.6) is 0 Å². The fourth-order valence-corrected chi connectivity index (χ4v) is 8.43. The first-order valence-corrected chi connectivity index (χ1v) is 17.1. The standard InChI is InChI=1S/C29H33F2N4O6PS/c30-29(31,42(39,40)41)19-7-10-24-17(11-19)12-25(43-24)26(36)33-22-4-2-1-3-20-8-9-23(35(20)27(22)37)28(38)34-14-18(13-32)21(15-34)16-5-6-16/h7,10-12,16,18,20-23H,1-6,8-9,14-15H2,(H,33,36)(H2,39,40,41)/t18-,20+,21?,22+,23+/m1/s1. The first-order chi connectivity index (χ1) is 20.4. The summed E-state index contributed by atoms with van der Waals surface area (Å²) in [5.74, 6) is -0.521. The van der Waals surface area contributed by atoms with Crippen molar-refractivity contribution in [2.24, 2.45) is 17.8 Å². The number of amides is 3. The molecule has 1 aromatic carbocycles. The minimum atomic E-state index is -5.75. The molecule has 230 valence electrons. The number of rotatable bonds is 6. The molecule has 43 heavy (non-hydrogen) atoms. The second kappa shape index (κ2) is 11.2. The average Bonchev–Trinajstić information content (AvgIpc) is 3.38. The van der Waals surface area contributed by atoms with E-state index in [0.717, 1.165) is 49.2 Å². The molecular formula is C29H33F2N4O6PS. The number of nitriles is 1. The molecule has 3 saturated heterocycles. The number of likely N-dealkylation sites (tertiary alicyclic amines) is 1. The van der Waals surface area contributed by atoms with Gasteiger partial charge < -0.3 is 24.9 Å². The Hall–Kier alpha value is -2.91. The van der Waals surface area contributed by atoms with E-state index < -0.39 is 36.8 Å². The SMILES string of the molecule is N#C[C@@H]1CN(C(=O)[C@@H]2CC[C@@H]3CCCC[C@H](NC(=O)c4cc5cc(C(F)(F)P(=O)(O)O)ccc5s4)C(=O)N32)CC1C1CC1. The van der Waals surface area contributed by atoms with Gasteiger partial charge >= 0.3 is 13.3 Å². The van der Waals surface area contributed by atoms with Crippen molar-refractivity contribution in [3.63, 3.8) is 0 Å². The molecule has 10 nitrogen and oxygen atoms in total. The third kappa shape index (κ3) is 5.59. The van der Waals surface area contributed by atoms with E-state index in [0.29, 0.717) is 49.4 Å². The first kappa shape index (κ1) is 30.1. The summed E-state index contributed by atoms with van der Waals surface area (Å²) in [6, 6.07) is 5.29. The van der Waals surface area contributed by atoms with E-state index in [-0.39, 0.29) is 40.0 Å². The summed E-state index contributed by atoms with van der Waals surface area (Å²) in [5.41, 5.74) is -5.23.